The summed E-state index contributed by atoms with van der Waals surface area (Å²) < 4.78 is 5.80. The van der Waals surface area contributed by atoms with Gasteiger partial charge in [-0.1, -0.05) is 25.1 Å². The molecule has 1 aliphatic heterocycles. The molecule has 0 bridgehead atoms. The lowest BCUT2D eigenvalue weighted by atomic mass is 9.85. The van der Waals surface area contributed by atoms with Crippen LogP contribution in [0.2, 0.25) is 0 Å². The van der Waals surface area contributed by atoms with Crippen molar-refractivity contribution in [3.05, 3.63) is 30.3 Å². The molecule has 1 aromatic rings. The number of likely N-dealkylation sites (tertiary alicyclic amines) is 1. The monoisotopic (exact) mass is 375 g/mol. The minimum absolute atomic E-state index is 0.0121. The van der Waals surface area contributed by atoms with Crippen LogP contribution in [0.5, 0.6) is 5.75 Å². The van der Waals surface area contributed by atoms with Gasteiger partial charge in [-0.3, -0.25) is 9.69 Å². The smallest absolute Gasteiger partial charge is 0.317 e. The molecular formula is C20H29N3O4. The van der Waals surface area contributed by atoms with Crippen molar-refractivity contribution in [2.75, 3.05) is 32.8 Å². The van der Waals surface area contributed by atoms with Gasteiger partial charge in [0, 0.05) is 31.1 Å². The highest BCUT2D eigenvalue weighted by Crippen LogP contribution is 2.26. The third-order valence-electron chi connectivity index (χ3n) is 5.50. The van der Waals surface area contributed by atoms with Crippen LogP contribution >= 0.6 is 0 Å². The predicted octanol–water partition coefficient (Wildman–Crippen LogP) is 2.03. The first kappa shape index (κ1) is 19.5. The van der Waals surface area contributed by atoms with E-state index in [4.69, 9.17) is 9.84 Å². The lowest BCUT2D eigenvalue weighted by molar-refractivity contribution is -0.139. The fourth-order valence-corrected chi connectivity index (χ4v) is 3.83. The number of carbonyl (C=O) groups is 2. The van der Waals surface area contributed by atoms with Gasteiger partial charge >= 0.3 is 12.0 Å². The molecule has 0 aromatic heterocycles. The molecule has 0 spiro atoms. The molecule has 2 fully saturated rings. The normalized spacial score (nSPS) is 24.5. The first-order chi connectivity index (χ1) is 13.0. The summed E-state index contributed by atoms with van der Waals surface area (Å²) in [5.74, 6) is 0.421. The zero-order valence-electron chi connectivity index (χ0n) is 15.8. The highest BCUT2D eigenvalue weighted by Gasteiger charge is 2.36. The summed E-state index contributed by atoms with van der Waals surface area (Å²) in [4.78, 5) is 27.2. The van der Waals surface area contributed by atoms with Gasteiger partial charge in [-0.15, -0.1) is 0 Å². The lowest BCUT2D eigenvalue weighted by Crippen LogP contribution is -2.56. The number of aliphatic carboxylic acids is 1. The molecule has 2 amide bonds. The quantitative estimate of drug-likeness (QED) is 0.727. The standard InChI is InChI=1S/C20H29N3O4/c1-2-22(13-19(24)25)17-10-16(11-17)21-20(26)23-9-8-15(12-23)14-27-18-6-4-3-5-7-18/h3-7,15-17H,2,8-14H2,1H3,(H,21,26)(H,24,25). The Kier molecular flexibility index (Phi) is 6.55. The van der Waals surface area contributed by atoms with Gasteiger partial charge in [0.05, 0.1) is 13.2 Å². The first-order valence-electron chi connectivity index (χ1n) is 9.74. The number of carboxylic acid groups (broad SMARTS) is 1. The average Bonchev–Trinajstić information content (AvgIpc) is 3.10. The number of nitrogens with one attached hydrogen (secondary N) is 1. The van der Waals surface area contributed by atoms with Crippen LogP contribution in [-0.4, -0.2) is 71.8 Å². The van der Waals surface area contributed by atoms with Gasteiger partial charge in [-0.05, 0) is 37.9 Å². The Morgan fingerprint density at radius 2 is 2.04 bits per heavy atom. The maximum Gasteiger partial charge on any atom is 0.317 e. The van der Waals surface area contributed by atoms with Crippen LogP contribution in [0, 0.1) is 5.92 Å². The highest BCUT2D eigenvalue weighted by atomic mass is 16.5. The van der Waals surface area contributed by atoms with Gasteiger partial charge in [0.2, 0.25) is 0 Å². The topological polar surface area (TPSA) is 82.1 Å². The van der Waals surface area contributed by atoms with Gasteiger partial charge in [0.1, 0.15) is 5.75 Å². The number of urea groups is 1. The number of para-hydroxylation sites is 1. The van der Waals surface area contributed by atoms with E-state index >= 15 is 0 Å². The minimum atomic E-state index is -0.801. The Labute approximate surface area is 160 Å². The second kappa shape index (κ2) is 9.08. The lowest BCUT2D eigenvalue weighted by Gasteiger charge is -2.42. The van der Waals surface area contributed by atoms with Crippen LogP contribution in [0.4, 0.5) is 4.79 Å². The van der Waals surface area contributed by atoms with Crippen molar-refractivity contribution >= 4 is 12.0 Å². The van der Waals surface area contributed by atoms with Crippen LogP contribution in [0.25, 0.3) is 0 Å². The molecular weight excluding hydrogens is 346 g/mol. The van der Waals surface area contributed by atoms with Gasteiger partial charge in [0.25, 0.3) is 0 Å². The number of carboxylic acids is 1. The molecule has 1 saturated heterocycles. The predicted molar refractivity (Wildman–Crippen MR) is 102 cm³/mol. The average molecular weight is 375 g/mol. The van der Waals surface area contributed by atoms with E-state index in [0.717, 1.165) is 38.1 Å². The number of ether oxygens (including phenoxy) is 1. The van der Waals surface area contributed by atoms with Crippen molar-refractivity contribution in [3.8, 4) is 5.75 Å². The number of hydrogen-bond donors (Lipinski definition) is 2. The number of carbonyl (C=O) groups excluding carboxylic acids is 1. The van der Waals surface area contributed by atoms with Crippen molar-refractivity contribution in [2.24, 2.45) is 5.92 Å². The molecule has 0 radical (unpaired) electrons. The summed E-state index contributed by atoms with van der Waals surface area (Å²) >= 11 is 0. The number of amides is 2. The van der Waals surface area contributed by atoms with Crippen LogP contribution in [0.3, 0.4) is 0 Å². The van der Waals surface area contributed by atoms with Gasteiger partial charge in [0.15, 0.2) is 0 Å². The third-order valence-corrected chi connectivity index (χ3v) is 5.50. The fraction of sp³-hybridized carbons (Fsp3) is 0.600. The van der Waals surface area contributed by atoms with Gasteiger partial charge < -0.3 is 20.1 Å². The van der Waals surface area contributed by atoms with E-state index in [1.54, 1.807) is 0 Å². The Bertz CT molecular complexity index is 633. The van der Waals surface area contributed by atoms with Crippen LogP contribution in [0.1, 0.15) is 26.2 Å². The molecule has 1 unspecified atom stereocenters. The fourth-order valence-electron chi connectivity index (χ4n) is 3.83. The summed E-state index contributed by atoms with van der Waals surface area (Å²) in [7, 11) is 0. The molecule has 1 heterocycles. The Balaban J connectivity index is 1.36. The Morgan fingerprint density at radius 3 is 2.70 bits per heavy atom. The maximum atomic E-state index is 12.5. The van der Waals surface area contributed by atoms with E-state index in [0.29, 0.717) is 19.1 Å². The van der Waals surface area contributed by atoms with E-state index in [9.17, 15) is 9.59 Å². The van der Waals surface area contributed by atoms with Crippen LogP contribution in [0.15, 0.2) is 30.3 Å². The zero-order chi connectivity index (χ0) is 19.2. The van der Waals surface area contributed by atoms with Gasteiger partial charge in [-0.2, -0.15) is 0 Å². The third kappa shape index (κ3) is 5.35. The SMILES string of the molecule is CCN(CC(=O)O)C1CC(NC(=O)N2CCC(COc3ccccc3)C2)C1. The molecule has 3 rings (SSSR count). The summed E-state index contributed by atoms with van der Waals surface area (Å²) in [5, 5.41) is 12.0. The number of hydrogen-bond acceptors (Lipinski definition) is 4. The number of benzene rings is 1. The van der Waals surface area contributed by atoms with Gasteiger partial charge in [-0.25, -0.2) is 4.79 Å². The Morgan fingerprint density at radius 1 is 1.30 bits per heavy atom. The second-order valence-electron chi connectivity index (χ2n) is 7.45. The van der Waals surface area contributed by atoms with Crippen LogP contribution < -0.4 is 10.1 Å². The molecule has 1 aliphatic carbocycles. The molecule has 2 N–H and O–H groups in total. The molecule has 7 heteroatoms. The molecule has 27 heavy (non-hydrogen) atoms. The largest absolute Gasteiger partial charge is 0.493 e. The van der Waals surface area contributed by atoms with E-state index in [1.807, 2.05) is 47.1 Å². The van der Waals surface area contributed by atoms with Crippen LogP contribution in [-0.2, 0) is 4.79 Å². The zero-order valence-corrected chi connectivity index (χ0v) is 15.8. The van der Waals surface area contributed by atoms with Crippen molar-refractivity contribution < 1.29 is 19.4 Å². The number of nitrogens with zero attached hydrogens (tertiary/aromatic N) is 2. The maximum absolute atomic E-state index is 12.5. The van der Waals surface area contributed by atoms with E-state index in [1.165, 1.54) is 0 Å². The van der Waals surface area contributed by atoms with Crippen molar-refractivity contribution in [1.29, 1.82) is 0 Å². The van der Waals surface area contributed by atoms with E-state index in [2.05, 4.69) is 5.32 Å². The summed E-state index contributed by atoms with van der Waals surface area (Å²) in [6.45, 7) is 4.85. The van der Waals surface area contributed by atoms with Crippen molar-refractivity contribution in [3.63, 3.8) is 0 Å². The summed E-state index contributed by atoms with van der Waals surface area (Å²) in [6.07, 6.45) is 2.60. The Hall–Kier alpha value is -2.28. The molecule has 1 aromatic carbocycles. The van der Waals surface area contributed by atoms with E-state index in [-0.39, 0.29) is 24.7 Å². The van der Waals surface area contributed by atoms with E-state index < -0.39 is 5.97 Å². The number of rotatable bonds is 8. The molecule has 1 saturated carbocycles. The molecule has 1 atom stereocenters. The van der Waals surface area contributed by atoms with Crippen molar-refractivity contribution in [1.82, 2.24) is 15.1 Å². The first-order valence-corrected chi connectivity index (χ1v) is 9.74. The number of likely N-dealkylation sites (N-methyl/N-ethyl adjacent to an activating group) is 1. The molecule has 148 valence electrons. The minimum Gasteiger partial charge on any atom is -0.493 e. The second-order valence-corrected chi connectivity index (χ2v) is 7.45. The van der Waals surface area contributed by atoms with Crippen molar-refractivity contribution in [2.45, 2.75) is 38.3 Å². The highest BCUT2D eigenvalue weighted by molar-refractivity contribution is 5.75. The summed E-state index contributed by atoms with van der Waals surface area (Å²) in [5.41, 5.74) is 0. The molecule has 7 nitrogen and oxygen atoms in total. The molecule has 2 aliphatic rings. The summed E-state index contributed by atoms with van der Waals surface area (Å²) in [6, 6.07) is 10.1.